The van der Waals surface area contributed by atoms with Crippen LogP contribution in [0.3, 0.4) is 0 Å². The minimum absolute atomic E-state index is 0.197. The lowest BCUT2D eigenvalue weighted by atomic mass is 9.93. The van der Waals surface area contributed by atoms with E-state index in [0.717, 1.165) is 36.9 Å². The number of amides is 2. The molecule has 1 heterocycles. The molecule has 1 aromatic carbocycles. The van der Waals surface area contributed by atoms with Gasteiger partial charge in [0.2, 0.25) is 0 Å². The Hall–Kier alpha value is -2.05. The number of hydrogen-bond acceptors (Lipinski definition) is 3. The normalized spacial score (nSPS) is 20.6. The first-order chi connectivity index (χ1) is 11.5. The molecule has 1 saturated carbocycles. The predicted octanol–water partition coefficient (Wildman–Crippen LogP) is 3.26. The zero-order valence-electron chi connectivity index (χ0n) is 13.5. The van der Waals surface area contributed by atoms with Crippen LogP contribution < -0.4 is 10.6 Å². The highest BCUT2D eigenvalue weighted by atomic mass is 35.5. The first-order valence-corrected chi connectivity index (χ1v) is 8.48. The molecule has 0 radical (unpaired) electrons. The summed E-state index contributed by atoms with van der Waals surface area (Å²) in [6.45, 7) is 1.88. The van der Waals surface area contributed by atoms with Gasteiger partial charge in [-0.05, 0) is 44.0 Å². The molecule has 1 fully saturated rings. The van der Waals surface area contributed by atoms with Gasteiger partial charge < -0.3 is 10.4 Å². The van der Waals surface area contributed by atoms with E-state index in [4.69, 9.17) is 11.6 Å². The molecule has 0 spiro atoms. The molecular formula is C17H21ClN4O2. The number of carbonyl (C=O) groups excluding carboxylic acids is 1. The van der Waals surface area contributed by atoms with Crippen LogP contribution in [0.15, 0.2) is 30.5 Å². The van der Waals surface area contributed by atoms with Gasteiger partial charge in [0.1, 0.15) is 0 Å². The van der Waals surface area contributed by atoms with Gasteiger partial charge >= 0.3 is 6.03 Å². The van der Waals surface area contributed by atoms with Crippen LogP contribution in [0.1, 0.15) is 31.2 Å². The molecule has 2 atom stereocenters. The highest BCUT2D eigenvalue weighted by Gasteiger charge is 2.24. The number of aromatic nitrogens is 2. The van der Waals surface area contributed by atoms with E-state index in [1.165, 1.54) is 0 Å². The molecule has 0 bridgehead atoms. The van der Waals surface area contributed by atoms with Gasteiger partial charge in [0, 0.05) is 16.8 Å². The molecule has 1 aliphatic rings. The Morgan fingerprint density at radius 1 is 1.29 bits per heavy atom. The van der Waals surface area contributed by atoms with Gasteiger partial charge in [0.05, 0.1) is 17.8 Å². The summed E-state index contributed by atoms with van der Waals surface area (Å²) in [7, 11) is 0. The second kappa shape index (κ2) is 7.23. The SMILES string of the molecule is Cc1cn(-c2ccc(Cl)cc2)nc1NC(=O)N[C@@H]1CCCC[C@H]1O. The molecule has 1 aromatic heterocycles. The second-order valence-corrected chi connectivity index (χ2v) is 6.57. The highest BCUT2D eigenvalue weighted by Crippen LogP contribution is 2.20. The van der Waals surface area contributed by atoms with Gasteiger partial charge in [0.25, 0.3) is 0 Å². The van der Waals surface area contributed by atoms with Crippen molar-refractivity contribution < 1.29 is 9.90 Å². The van der Waals surface area contributed by atoms with Crippen LogP contribution >= 0.6 is 11.6 Å². The summed E-state index contributed by atoms with van der Waals surface area (Å²) in [6, 6.07) is 6.76. The minimum atomic E-state index is -0.475. The fraction of sp³-hybridized carbons (Fsp3) is 0.412. The average Bonchev–Trinajstić information content (AvgIpc) is 2.91. The van der Waals surface area contributed by atoms with Crippen molar-refractivity contribution in [3.05, 3.63) is 41.0 Å². The molecular weight excluding hydrogens is 328 g/mol. The Morgan fingerprint density at radius 3 is 2.71 bits per heavy atom. The zero-order chi connectivity index (χ0) is 17.1. The van der Waals surface area contributed by atoms with Crippen LogP contribution in [0.5, 0.6) is 0 Å². The molecule has 6 nitrogen and oxygen atoms in total. The summed E-state index contributed by atoms with van der Waals surface area (Å²) in [6.07, 6.45) is 4.92. The zero-order valence-corrected chi connectivity index (χ0v) is 14.3. The summed E-state index contributed by atoms with van der Waals surface area (Å²) < 4.78 is 1.69. The molecule has 3 N–H and O–H groups in total. The van der Waals surface area contributed by atoms with Gasteiger partial charge in [-0.2, -0.15) is 0 Å². The number of halogens is 1. The highest BCUT2D eigenvalue weighted by molar-refractivity contribution is 6.30. The lowest BCUT2D eigenvalue weighted by molar-refractivity contribution is 0.0955. The summed E-state index contributed by atoms with van der Waals surface area (Å²) in [5, 5.41) is 20.6. The number of nitrogens with one attached hydrogen (secondary N) is 2. The fourth-order valence-corrected chi connectivity index (χ4v) is 3.03. The predicted molar refractivity (Wildman–Crippen MR) is 93.7 cm³/mol. The minimum Gasteiger partial charge on any atom is -0.391 e. The van der Waals surface area contributed by atoms with E-state index in [2.05, 4.69) is 15.7 Å². The van der Waals surface area contributed by atoms with Crippen LogP contribution in [0.2, 0.25) is 5.02 Å². The number of rotatable bonds is 3. The average molecular weight is 349 g/mol. The maximum absolute atomic E-state index is 12.2. The number of aliphatic hydroxyl groups excluding tert-OH is 1. The Labute approximate surface area is 145 Å². The Balaban J connectivity index is 1.66. The van der Waals surface area contributed by atoms with Crippen LogP contribution in [-0.4, -0.2) is 33.1 Å². The topological polar surface area (TPSA) is 79.2 Å². The van der Waals surface area contributed by atoms with E-state index in [9.17, 15) is 9.90 Å². The van der Waals surface area contributed by atoms with Crippen LogP contribution in [0.25, 0.3) is 5.69 Å². The lowest BCUT2D eigenvalue weighted by Crippen LogP contribution is -2.46. The van der Waals surface area contributed by atoms with Gasteiger partial charge in [0.15, 0.2) is 5.82 Å². The van der Waals surface area contributed by atoms with Crippen molar-refractivity contribution in [3.63, 3.8) is 0 Å². The summed E-state index contributed by atoms with van der Waals surface area (Å²) in [5.41, 5.74) is 1.71. The molecule has 7 heteroatoms. The number of nitrogens with zero attached hydrogens (tertiary/aromatic N) is 2. The Morgan fingerprint density at radius 2 is 2.00 bits per heavy atom. The molecule has 2 aromatic rings. The monoisotopic (exact) mass is 348 g/mol. The molecule has 24 heavy (non-hydrogen) atoms. The van der Waals surface area contributed by atoms with Crippen molar-refractivity contribution in [2.75, 3.05) is 5.32 Å². The van der Waals surface area contributed by atoms with Crippen LogP contribution in [-0.2, 0) is 0 Å². The van der Waals surface area contributed by atoms with Gasteiger partial charge in [-0.25, -0.2) is 9.48 Å². The van der Waals surface area contributed by atoms with E-state index in [1.807, 2.05) is 25.3 Å². The third kappa shape index (κ3) is 3.88. The first kappa shape index (κ1) is 16.8. The van der Waals surface area contributed by atoms with Gasteiger partial charge in [-0.3, -0.25) is 5.32 Å². The van der Waals surface area contributed by atoms with Crippen molar-refractivity contribution >= 4 is 23.4 Å². The van der Waals surface area contributed by atoms with Crippen LogP contribution in [0.4, 0.5) is 10.6 Å². The second-order valence-electron chi connectivity index (χ2n) is 6.14. The molecule has 0 unspecified atom stereocenters. The Bertz CT molecular complexity index is 714. The van der Waals surface area contributed by atoms with Crippen molar-refractivity contribution in [3.8, 4) is 5.69 Å². The number of aliphatic hydroxyl groups is 1. The lowest BCUT2D eigenvalue weighted by Gasteiger charge is -2.28. The van der Waals surface area contributed by atoms with E-state index in [1.54, 1.807) is 16.8 Å². The number of anilines is 1. The smallest absolute Gasteiger partial charge is 0.320 e. The fourth-order valence-electron chi connectivity index (χ4n) is 2.90. The molecule has 2 amide bonds. The summed E-state index contributed by atoms with van der Waals surface area (Å²) >= 11 is 5.89. The number of carbonyl (C=O) groups is 1. The molecule has 0 saturated heterocycles. The van der Waals surface area contributed by atoms with Crippen molar-refractivity contribution in [2.45, 2.75) is 44.8 Å². The quantitative estimate of drug-likeness (QED) is 0.796. The van der Waals surface area contributed by atoms with Crippen molar-refractivity contribution in [2.24, 2.45) is 0 Å². The number of benzene rings is 1. The van der Waals surface area contributed by atoms with E-state index >= 15 is 0 Å². The third-order valence-electron chi connectivity index (χ3n) is 4.27. The summed E-state index contributed by atoms with van der Waals surface area (Å²) in [4.78, 5) is 12.2. The molecule has 3 rings (SSSR count). The molecule has 128 valence electrons. The third-order valence-corrected chi connectivity index (χ3v) is 4.52. The molecule has 0 aliphatic heterocycles. The summed E-state index contributed by atoms with van der Waals surface area (Å²) in [5.74, 6) is 0.493. The van der Waals surface area contributed by atoms with E-state index in [-0.39, 0.29) is 12.1 Å². The number of hydrogen-bond donors (Lipinski definition) is 3. The Kier molecular flexibility index (Phi) is 5.06. The largest absolute Gasteiger partial charge is 0.391 e. The maximum Gasteiger partial charge on any atom is 0.320 e. The van der Waals surface area contributed by atoms with E-state index in [0.29, 0.717) is 10.8 Å². The number of aryl methyl sites for hydroxylation is 1. The van der Waals surface area contributed by atoms with Crippen LogP contribution in [0, 0.1) is 6.92 Å². The number of urea groups is 1. The first-order valence-electron chi connectivity index (χ1n) is 8.11. The van der Waals surface area contributed by atoms with Gasteiger partial charge in [-0.15, -0.1) is 5.10 Å². The maximum atomic E-state index is 12.2. The van der Waals surface area contributed by atoms with E-state index < -0.39 is 6.10 Å². The standard InChI is InChI=1S/C17H21ClN4O2/c1-11-10-22(13-8-6-12(18)7-9-13)21-16(11)20-17(24)19-14-4-2-3-5-15(14)23/h6-10,14-15,23H,2-5H2,1H3,(H2,19,20,21,24)/t14-,15-/m1/s1. The van der Waals surface area contributed by atoms with Crippen molar-refractivity contribution in [1.82, 2.24) is 15.1 Å². The van der Waals surface area contributed by atoms with Crippen molar-refractivity contribution in [1.29, 1.82) is 0 Å². The molecule has 1 aliphatic carbocycles. The van der Waals surface area contributed by atoms with Gasteiger partial charge in [-0.1, -0.05) is 24.4 Å².